The monoisotopic (exact) mass is 197 g/mol. The molecular weight excluding hydrogens is 184 g/mol. The van der Waals surface area contributed by atoms with Crippen molar-refractivity contribution < 1.29 is 14.7 Å². The highest BCUT2D eigenvalue weighted by Crippen LogP contribution is 2.21. The molecule has 2 atom stereocenters. The summed E-state index contributed by atoms with van der Waals surface area (Å²) in [7, 11) is 0. The van der Waals surface area contributed by atoms with Gasteiger partial charge in [0.1, 0.15) is 0 Å². The van der Waals surface area contributed by atoms with Crippen LogP contribution in [0.25, 0.3) is 0 Å². The first-order valence-corrected chi connectivity index (χ1v) is 4.82. The van der Waals surface area contributed by atoms with Crippen molar-refractivity contribution in [3.8, 4) is 0 Å². The minimum absolute atomic E-state index is 0.141. The predicted octanol–water partition coefficient (Wildman–Crippen LogP) is -1.38. The Balaban J connectivity index is 1.89. The van der Waals surface area contributed by atoms with Gasteiger partial charge in [-0.15, -0.1) is 0 Å². The lowest BCUT2D eigenvalue weighted by atomic mass is 10.1. The van der Waals surface area contributed by atoms with E-state index in [1.54, 1.807) is 6.41 Å². The largest absolute Gasteiger partial charge is 0.390 e. The summed E-state index contributed by atoms with van der Waals surface area (Å²) in [5.74, 6) is -0.616. The van der Waals surface area contributed by atoms with Gasteiger partial charge in [0.25, 0.3) is 0 Å². The lowest BCUT2D eigenvalue weighted by Crippen LogP contribution is -2.38. The summed E-state index contributed by atoms with van der Waals surface area (Å²) >= 11 is 0. The fourth-order valence-electron chi connectivity index (χ4n) is 1.65. The van der Waals surface area contributed by atoms with Crippen LogP contribution in [0, 0.1) is 5.92 Å². The summed E-state index contributed by atoms with van der Waals surface area (Å²) in [6.45, 7) is 0.496. The summed E-state index contributed by atoms with van der Waals surface area (Å²) in [4.78, 5) is 23.2. The number of aliphatic hydroxyl groups excluding tert-OH is 1. The first-order valence-electron chi connectivity index (χ1n) is 4.82. The van der Waals surface area contributed by atoms with Crippen LogP contribution in [0.1, 0.15) is 12.8 Å². The van der Waals surface area contributed by atoms with Gasteiger partial charge in [0.15, 0.2) is 0 Å². The van der Waals surface area contributed by atoms with E-state index in [9.17, 15) is 14.7 Å². The van der Waals surface area contributed by atoms with Gasteiger partial charge in [-0.25, -0.2) is 0 Å². The molecule has 1 saturated carbocycles. The van der Waals surface area contributed by atoms with Crippen LogP contribution in [0.3, 0.4) is 0 Å². The highest BCUT2D eigenvalue weighted by molar-refractivity contribution is 5.81. The highest BCUT2D eigenvalue weighted by Gasteiger charge is 2.38. The number of aliphatic hydroxyl groups is 1. The van der Waals surface area contributed by atoms with Crippen molar-refractivity contribution >= 4 is 12.3 Å². The second-order valence-corrected chi connectivity index (χ2v) is 3.95. The van der Waals surface area contributed by atoms with Crippen LogP contribution in [0.4, 0.5) is 0 Å². The molecule has 1 saturated heterocycles. The molecular formula is C9H13N2O3. The zero-order chi connectivity index (χ0) is 10.1. The molecule has 2 rings (SSSR count). The van der Waals surface area contributed by atoms with Crippen LogP contribution in [0.2, 0.25) is 0 Å². The maximum Gasteiger partial charge on any atom is 0.312 e. The predicted molar refractivity (Wildman–Crippen MR) is 47.9 cm³/mol. The molecule has 0 aromatic carbocycles. The van der Waals surface area contributed by atoms with Gasteiger partial charge in [-0.05, 0) is 12.8 Å². The number of carbonyl (C=O) groups is 1. The van der Waals surface area contributed by atoms with E-state index in [1.807, 2.05) is 0 Å². The molecule has 14 heavy (non-hydrogen) atoms. The molecule has 0 spiro atoms. The van der Waals surface area contributed by atoms with Crippen LogP contribution >= 0.6 is 0 Å². The van der Waals surface area contributed by atoms with Gasteiger partial charge in [0.05, 0.1) is 12.0 Å². The first kappa shape index (κ1) is 9.45. The van der Waals surface area contributed by atoms with Gasteiger partial charge in [-0.1, -0.05) is 0 Å². The van der Waals surface area contributed by atoms with E-state index in [0.29, 0.717) is 6.04 Å². The van der Waals surface area contributed by atoms with Crippen LogP contribution in [0.5, 0.6) is 0 Å². The number of hydrogen-bond donors (Lipinski definition) is 2. The molecule has 2 N–H and O–H groups in total. The van der Waals surface area contributed by atoms with Crippen LogP contribution in [-0.4, -0.2) is 47.6 Å². The summed E-state index contributed by atoms with van der Waals surface area (Å²) in [6, 6.07) is 0.295. The molecule has 0 aromatic rings. The molecule has 1 radical (unpaired) electrons. The summed E-state index contributed by atoms with van der Waals surface area (Å²) in [5.41, 5.74) is 0. The van der Waals surface area contributed by atoms with Crippen molar-refractivity contribution in [2.45, 2.75) is 25.0 Å². The van der Waals surface area contributed by atoms with Gasteiger partial charge in [0.2, 0.25) is 5.91 Å². The maximum atomic E-state index is 11.5. The minimum Gasteiger partial charge on any atom is -0.390 e. The smallest absolute Gasteiger partial charge is 0.312 e. The maximum absolute atomic E-state index is 11.5. The zero-order valence-electron chi connectivity index (χ0n) is 7.77. The van der Waals surface area contributed by atoms with E-state index >= 15 is 0 Å². The van der Waals surface area contributed by atoms with E-state index in [-0.39, 0.29) is 19.0 Å². The van der Waals surface area contributed by atoms with Crippen molar-refractivity contribution in [1.29, 1.82) is 0 Å². The fraction of sp³-hybridized carbons (Fsp3) is 0.778. The molecule has 1 aliphatic heterocycles. The van der Waals surface area contributed by atoms with E-state index in [2.05, 4.69) is 5.32 Å². The summed E-state index contributed by atoms with van der Waals surface area (Å²) in [5, 5.41) is 12.3. The lowest BCUT2D eigenvalue weighted by Gasteiger charge is -2.12. The van der Waals surface area contributed by atoms with Crippen molar-refractivity contribution in [1.82, 2.24) is 10.2 Å². The number of likely N-dealkylation sites (tertiary alicyclic amines) is 1. The number of hydrogen-bond acceptors (Lipinski definition) is 3. The Hall–Kier alpha value is -1.10. The molecule has 2 fully saturated rings. The van der Waals surface area contributed by atoms with Crippen molar-refractivity contribution in [2.24, 2.45) is 5.92 Å². The molecule has 0 bridgehead atoms. The normalized spacial score (nSPS) is 31.6. The second kappa shape index (κ2) is 3.57. The summed E-state index contributed by atoms with van der Waals surface area (Å²) in [6.07, 6.45) is 3.00. The molecule has 1 heterocycles. The molecule has 1 aliphatic carbocycles. The molecule has 77 valence electrons. The second-order valence-electron chi connectivity index (χ2n) is 3.95. The fourth-order valence-corrected chi connectivity index (χ4v) is 1.65. The molecule has 0 unspecified atom stereocenters. The number of nitrogens with one attached hydrogen (secondary N) is 1. The Labute approximate surface area is 82.1 Å². The average molecular weight is 197 g/mol. The molecule has 5 heteroatoms. The van der Waals surface area contributed by atoms with Crippen molar-refractivity contribution in [3.05, 3.63) is 0 Å². The molecule has 5 nitrogen and oxygen atoms in total. The Kier molecular flexibility index (Phi) is 2.41. The van der Waals surface area contributed by atoms with Crippen molar-refractivity contribution in [2.75, 3.05) is 13.1 Å². The average Bonchev–Trinajstić information content (AvgIpc) is 2.87. The first-order chi connectivity index (χ1) is 6.70. The topological polar surface area (TPSA) is 69.6 Å². The Morgan fingerprint density at radius 1 is 1.43 bits per heavy atom. The molecule has 2 aliphatic rings. The van der Waals surface area contributed by atoms with Gasteiger partial charge in [-0.2, -0.15) is 0 Å². The number of nitrogens with zero attached hydrogens (tertiary/aromatic N) is 1. The Morgan fingerprint density at radius 2 is 2.14 bits per heavy atom. The minimum atomic E-state index is -0.741. The van der Waals surface area contributed by atoms with Gasteiger partial charge in [-0.3, -0.25) is 9.59 Å². The van der Waals surface area contributed by atoms with Crippen LogP contribution in [0.15, 0.2) is 0 Å². The number of carbonyl (C=O) groups excluding carboxylic acids is 2. The Bertz CT molecular complexity index is 252. The molecule has 2 amide bonds. The van der Waals surface area contributed by atoms with Gasteiger partial charge >= 0.3 is 6.41 Å². The third kappa shape index (κ3) is 1.87. The van der Waals surface area contributed by atoms with Crippen molar-refractivity contribution in [3.63, 3.8) is 0 Å². The number of rotatable bonds is 3. The quantitative estimate of drug-likeness (QED) is 0.586. The van der Waals surface area contributed by atoms with E-state index in [0.717, 1.165) is 12.8 Å². The SMILES string of the molecule is O=[C]N1C[C@@H](O)[C@H](C(=O)NC2CC2)C1. The Morgan fingerprint density at radius 3 is 2.64 bits per heavy atom. The number of amides is 2. The molecule has 0 aromatic heterocycles. The van der Waals surface area contributed by atoms with Gasteiger partial charge in [0, 0.05) is 19.1 Å². The van der Waals surface area contributed by atoms with E-state index in [4.69, 9.17) is 0 Å². The third-order valence-corrected chi connectivity index (χ3v) is 2.68. The standard InChI is InChI=1S/C9H13N2O3/c12-5-11-3-7(8(13)4-11)9(14)10-6-1-2-6/h6-8,13H,1-4H2,(H,10,14)/t7-,8-/m1/s1. The zero-order valence-corrected chi connectivity index (χ0v) is 7.77. The van der Waals surface area contributed by atoms with E-state index in [1.165, 1.54) is 4.90 Å². The number of β-amino-alcohol motifs (C(OH)–C–C–N with tert-alkyl or cyclic N) is 1. The van der Waals surface area contributed by atoms with E-state index < -0.39 is 12.0 Å². The lowest BCUT2D eigenvalue weighted by molar-refractivity contribution is -0.127. The summed E-state index contributed by atoms with van der Waals surface area (Å²) < 4.78 is 0. The highest BCUT2D eigenvalue weighted by atomic mass is 16.3. The van der Waals surface area contributed by atoms with Crippen LogP contribution < -0.4 is 5.32 Å². The van der Waals surface area contributed by atoms with Crippen LogP contribution in [-0.2, 0) is 9.59 Å². The third-order valence-electron chi connectivity index (χ3n) is 2.68. The van der Waals surface area contributed by atoms with Gasteiger partial charge < -0.3 is 15.3 Å².